The molecule has 0 spiro atoms. The molecule has 1 saturated heterocycles. The van der Waals surface area contributed by atoms with Crippen LogP contribution in [0.5, 0.6) is 5.75 Å². The lowest BCUT2D eigenvalue weighted by Gasteiger charge is -2.26. The summed E-state index contributed by atoms with van der Waals surface area (Å²) in [5.41, 5.74) is 2.74. The summed E-state index contributed by atoms with van der Waals surface area (Å²) in [6, 6.07) is 12.4. The van der Waals surface area contributed by atoms with Gasteiger partial charge in [-0.2, -0.15) is 0 Å². The fraction of sp³-hybridized carbons (Fsp3) is 0.458. The van der Waals surface area contributed by atoms with Gasteiger partial charge >= 0.3 is 0 Å². The number of halogens is 1. The summed E-state index contributed by atoms with van der Waals surface area (Å²) >= 11 is 0. The summed E-state index contributed by atoms with van der Waals surface area (Å²) in [6.45, 7) is 8.26. The van der Waals surface area contributed by atoms with Crippen LogP contribution in [0.3, 0.4) is 0 Å². The van der Waals surface area contributed by atoms with Gasteiger partial charge in [0.2, 0.25) is 5.91 Å². The lowest BCUT2D eigenvalue weighted by Crippen LogP contribution is -2.36. The highest BCUT2D eigenvalue weighted by Crippen LogP contribution is 2.31. The molecule has 0 atom stereocenters. The van der Waals surface area contributed by atoms with Gasteiger partial charge in [0.1, 0.15) is 11.6 Å². The van der Waals surface area contributed by atoms with E-state index in [1.54, 1.807) is 6.07 Å². The first kappa shape index (κ1) is 21.9. The molecule has 28 heavy (non-hydrogen) atoms. The Balaban J connectivity index is 0.000000878. The van der Waals surface area contributed by atoms with Crippen molar-refractivity contribution in [2.45, 2.75) is 52.9 Å². The van der Waals surface area contributed by atoms with Crippen molar-refractivity contribution < 1.29 is 13.9 Å². The molecule has 0 bridgehead atoms. The largest absolute Gasteiger partial charge is 0.492 e. The summed E-state index contributed by atoms with van der Waals surface area (Å²) in [6.07, 6.45) is 4.98. The zero-order valence-electron chi connectivity index (χ0n) is 17.3. The number of piperidine rings is 1. The molecule has 0 aliphatic carbocycles. The first-order valence-corrected chi connectivity index (χ1v) is 10.3. The first-order valence-electron chi connectivity index (χ1n) is 10.3. The Kier molecular flexibility index (Phi) is 8.99. The van der Waals surface area contributed by atoms with Gasteiger partial charge in [0.05, 0.1) is 13.0 Å². The standard InChI is InChI=1S/C21H24FNO2.C3H8/c1-16-6-5-7-17(14-16)19-15-18(22)8-9-20(19)25-13-10-21(24)23-11-3-2-4-12-23;1-3-2/h5-9,14-15H,2-4,10-13H2,1H3;3H2,1-2H3. The van der Waals surface area contributed by atoms with Gasteiger partial charge in [-0.15, -0.1) is 0 Å². The Labute approximate surface area is 168 Å². The van der Waals surface area contributed by atoms with E-state index in [0.717, 1.165) is 37.1 Å². The number of hydrogen-bond acceptors (Lipinski definition) is 2. The maximum Gasteiger partial charge on any atom is 0.225 e. The van der Waals surface area contributed by atoms with E-state index >= 15 is 0 Å². The Hall–Kier alpha value is -2.36. The van der Waals surface area contributed by atoms with Crippen molar-refractivity contribution in [1.82, 2.24) is 4.90 Å². The summed E-state index contributed by atoms with van der Waals surface area (Å²) < 4.78 is 19.5. The molecule has 0 aromatic heterocycles. The van der Waals surface area contributed by atoms with E-state index in [2.05, 4.69) is 13.8 Å². The number of amides is 1. The number of hydrogen-bond donors (Lipinski definition) is 0. The van der Waals surface area contributed by atoms with Gasteiger partial charge in [-0.3, -0.25) is 4.79 Å². The first-order chi connectivity index (χ1) is 13.5. The number of likely N-dealkylation sites (tertiary alicyclic amines) is 1. The van der Waals surface area contributed by atoms with Crippen LogP contribution in [0.25, 0.3) is 11.1 Å². The minimum Gasteiger partial charge on any atom is -0.492 e. The fourth-order valence-corrected chi connectivity index (χ4v) is 3.22. The number of carbonyl (C=O) groups excluding carboxylic acids is 1. The molecule has 152 valence electrons. The van der Waals surface area contributed by atoms with E-state index in [4.69, 9.17) is 4.74 Å². The monoisotopic (exact) mass is 385 g/mol. The second kappa shape index (κ2) is 11.5. The smallest absolute Gasteiger partial charge is 0.225 e. The molecule has 3 rings (SSSR count). The van der Waals surface area contributed by atoms with Gasteiger partial charge in [-0.25, -0.2) is 4.39 Å². The quantitative estimate of drug-likeness (QED) is 0.632. The highest BCUT2D eigenvalue weighted by molar-refractivity contribution is 5.76. The van der Waals surface area contributed by atoms with E-state index in [1.807, 2.05) is 36.1 Å². The van der Waals surface area contributed by atoms with Crippen LogP contribution in [0.15, 0.2) is 42.5 Å². The zero-order chi connectivity index (χ0) is 20.4. The lowest BCUT2D eigenvalue weighted by molar-refractivity contribution is -0.132. The highest BCUT2D eigenvalue weighted by Gasteiger charge is 2.16. The number of benzene rings is 2. The second-order valence-corrected chi connectivity index (χ2v) is 7.26. The molecule has 3 nitrogen and oxygen atoms in total. The predicted molar refractivity (Wildman–Crippen MR) is 113 cm³/mol. The van der Waals surface area contributed by atoms with Gasteiger partial charge in [-0.1, -0.05) is 50.1 Å². The van der Waals surface area contributed by atoms with Crippen molar-refractivity contribution in [2.75, 3.05) is 19.7 Å². The lowest BCUT2D eigenvalue weighted by atomic mass is 10.0. The minimum atomic E-state index is -0.298. The molecular weight excluding hydrogens is 353 g/mol. The van der Waals surface area contributed by atoms with Crippen molar-refractivity contribution in [2.24, 2.45) is 0 Å². The number of nitrogens with zero attached hydrogens (tertiary/aromatic N) is 1. The van der Waals surface area contributed by atoms with Gasteiger partial charge in [0.15, 0.2) is 0 Å². The molecule has 0 saturated carbocycles. The molecule has 1 heterocycles. The van der Waals surface area contributed by atoms with Gasteiger partial charge < -0.3 is 9.64 Å². The van der Waals surface area contributed by atoms with Crippen molar-refractivity contribution in [3.8, 4) is 16.9 Å². The van der Waals surface area contributed by atoms with Crippen molar-refractivity contribution in [3.63, 3.8) is 0 Å². The van der Waals surface area contributed by atoms with Crippen molar-refractivity contribution in [1.29, 1.82) is 0 Å². The molecule has 2 aromatic rings. The molecule has 1 amide bonds. The van der Waals surface area contributed by atoms with E-state index < -0.39 is 0 Å². The highest BCUT2D eigenvalue weighted by atomic mass is 19.1. The van der Waals surface area contributed by atoms with E-state index in [1.165, 1.54) is 25.0 Å². The Morgan fingerprint density at radius 3 is 2.46 bits per heavy atom. The van der Waals surface area contributed by atoms with Crippen molar-refractivity contribution in [3.05, 3.63) is 53.8 Å². The number of aryl methyl sites for hydroxylation is 1. The third kappa shape index (κ3) is 6.66. The van der Waals surface area contributed by atoms with Crippen LogP contribution < -0.4 is 4.74 Å². The average molecular weight is 386 g/mol. The Bertz CT molecular complexity index is 754. The normalized spacial score (nSPS) is 13.5. The average Bonchev–Trinajstić information content (AvgIpc) is 2.70. The van der Waals surface area contributed by atoms with Gasteiger partial charge in [0.25, 0.3) is 0 Å². The van der Waals surface area contributed by atoms with Crippen LogP contribution in [0, 0.1) is 12.7 Å². The van der Waals surface area contributed by atoms with Crippen LogP contribution in [0.1, 0.15) is 51.5 Å². The van der Waals surface area contributed by atoms with E-state index in [0.29, 0.717) is 24.3 Å². The van der Waals surface area contributed by atoms with Crippen LogP contribution in [0.4, 0.5) is 4.39 Å². The van der Waals surface area contributed by atoms with E-state index in [-0.39, 0.29) is 11.7 Å². The van der Waals surface area contributed by atoms with Gasteiger partial charge in [-0.05, 0) is 49.9 Å². The maximum absolute atomic E-state index is 13.7. The molecule has 1 aliphatic heterocycles. The molecular formula is C24H32FNO2. The third-order valence-electron chi connectivity index (χ3n) is 4.55. The third-order valence-corrected chi connectivity index (χ3v) is 4.55. The Morgan fingerprint density at radius 1 is 1.07 bits per heavy atom. The molecule has 0 N–H and O–H groups in total. The number of ether oxygens (including phenoxy) is 1. The molecule has 2 aromatic carbocycles. The minimum absolute atomic E-state index is 0.138. The summed E-state index contributed by atoms with van der Waals surface area (Å²) in [4.78, 5) is 14.1. The van der Waals surface area contributed by atoms with Crippen LogP contribution in [-0.4, -0.2) is 30.5 Å². The number of rotatable bonds is 5. The van der Waals surface area contributed by atoms with Crippen LogP contribution in [-0.2, 0) is 4.79 Å². The predicted octanol–water partition coefficient (Wildman–Crippen LogP) is 6.00. The molecule has 0 unspecified atom stereocenters. The summed E-state index contributed by atoms with van der Waals surface area (Å²) in [5.74, 6) is 0.450. The fourth-order valence-electron chi connectivity index (χ4n) is 3.22. The Morgan fingerprint density at radius 2 is 1.79 bits per heavy atom. The summed E-state index contributed by atoms with van der Waals surface area (Å²) in [7, 11) is 0. The maximum atomic E-state index is 13.7. The van der Waals surface area contributed by atoms with Crippen LogP contribution in [0.2, 0.25) is 0 Å². The zero-order valence-corrected chi connectivity index (χ0v) is 17.3. The van der Waals surface area contributed by atoms with Crippen molar-refractivity contribution >= 4 is 5.91 Å². The van der Waals surface area contributed by atoms with Gasteiger partial charge in [0, 0.05) is 18.7 Å². The second-order valence-electron chi connectivity index (χ2n) is 7.26. The molecule has 0 radical (unpaired) electrons. The van der Waals surface area contributed by atoms with Crippen LogP contribution >= 0.6 is 0 Å². The number of carbonyl (C=O) groups is 1. The SMILES string of the molecule is CCC.Cc1cccc(-c2cc(F)ccc2OCCC(=O)N2CCCCC2)c1. The summed E-state index contributed by atoms with van der Waals surface area (Å²) in [5, 5.41) is 0. The molecule has 1 fully saturated rings. The molecule has 4 heteroatoms. The molecule has 1 aliphatic rings. The van der Waals surface area contributed by atoms with E-state index in [9.17, 15) is 9.18 Å². The topological polar surface area (TPSA) is 29.5 Å².